The third-order valence-electron chi connectivity index (χ3n) is 5.14. The van der Waals surface area contributed by atoms with Crippen molar-refractivity contribution in [1.29, 1.82) is 0 Å². The summed E-state index contributed by atoms with van der Waals surface area (Å²) in [4.78, 5) is 18.4. The number of methoxy groups -OCH3 is 1. The van der Waals surface area contributed by atoms with Crippen molar-refractivity contribution in [1.82, 2.24) is 4.98 Å². The summed E-state index contributed by atoms with van der Waals surface area (Å²) in [6.07, 6.45) is 6.39. The highest BCUT2D eigenvalue weighted by molar-refractivity contribution is 9.10. The Bertz CT molecular complexity index is 639. The van der Waals surface area contributed by atoms with Gasteiger partial charge in [0, 0.05) is 23.8 Å². The van der Waals surface area contributed by atoms with E-state index < -0.39 is 18.1 Å². The Morgan fingerprint density at radius 2 is 2.08 bits per heavy atom. The summed E-state index contributed by atoms with van der Waals surface area (Å²) in [5.74, 6) is 0.00570. The second-order valence-corrected chi connectivity index (χ2v) is 7.92. The lowest BCUT2D eigenvalue weighted by atomic mass is 9.95. The van der Waals surface area contributed by atoms with Gasteiger partial charge in [0.2, 0.25) is 0 Å². The molecule has 0 aromatic carbocycles. The van der Waals surface area contributed by atoms with Crippen molar-refractivity contribution in [2.24, 2.45) is 5.73 Å². The van der Waals surface area contributed by atoms with Gasteiger partial charge in [0.15, 0.2) is 0 Å². The number of nitrogens with zero attached hydrogens (tertiary/aromatic N) is 2. The van der Waals surface area contributed by atoms with E-state index in [1.54, 1.807) is 12.3 Å². The van der Waals surface area contributed by atoms with Gasteiger partial charge in [-0.05, 0) is 34.8 Å². The van der Waals surface area contributed by atoms with E-state index in [4.69, 9.17) is 15.2 Å². The Kier molecular flexibility index (Phi) is 6.50. The number of ether oxygens (including phenoxy) is 2. The van der Waals surface area contributed by atoms with Crippen molar-refractivity contribution in [3.8, 4) is 0 Å². The van der Waals surface area contributed by atoms with E-state index in [9.17, 15) is 9.90 Å². The minimum Gasteiger partial charge on any atom is -0.465 e. The molecule has 7 nitrogen and oxygen atoms in total. The van der Waals surface area contributed by atoms with Crippen LogP contribution in [0.25, 0.3) is 0 Å². The molecule has 1 aliphatic heterocycles. The third kappa shape index (κ3) is 4.36. The van der Waals surface area contributed by atoms with E-state index >= 15 is 0 Å². The summed E-state index contributed by atoms with van der Waals surface area (Å²) >= 11 is 3.33. The molecule has 3 atom stereocenters. The molecule has 1 aromatic heterocycles. The normalized spacial score (nSPS) is 27.4. The number of aliphatic hydroxyl groups is 1. The molecule has 26 heavy (non-hydrogen) atoms. The van der Waals surface area contributed by atoms with E-state index in [-0.39, 0.29) is 12.2 Å². The highest BCUT2D eigenvalue weighted by atomic mass is 79.9. The number of hydrogen-bond donors (Lipinski definition) is 2. The SMILES string of the molecule is COC(=O)c1cc(Br)cnc1N1CC(O)C(N)C(OC2CCCCC2)C1. The van der Waals surface area contributed by atoms with Crippen molar-refractivity contribution in [3.05, 3.63) is 22.3 Å². The van der Waals surface area contributed by atoms with Gasteiger partial charge < -0.3 is 25.2 Å². The van der Waals surface area contributed by atoms with E-state index in [0.29, 0.717) is 28.9 Å². The van der Waals surface area contributed by atoms with Crippen LogP contribution in [0.4, 0.5) is 5.82 Å². The average molecular weight is 428 g/mol. The number of aliphatic hydroxyl groups excluding tert-OH is 1. The van der Waals surface area contributed by atoms with Gasteiger partial charge in [0.05, 0.1) is 31.5 Å². The van der Waals surface area contributed by atoms with Crippen LogP contribution >= 0.6 is 15.9 Å². The zero-order valence-electron chi connectivity index (χ0n) is 14.9. The zero-order valence-corrected chi connectivity index (χ0v) is 16.5. The highest BCUT2D eigenvalue weighted by Gasteiger charge is 2.37. The number of halogens is 1. The molecule has 2 heterocycles. The van der Waals surface area contributed by atoms with Crippen molar-refractivity contribution in [2.75, 3.05) is 25.1 Å². The van der Waals surface area contributed by atoms with E-state index in [2.05, 4.69) is 20.9 Å². The van der Waals surface area contributed by atoms with Crippen LogP contribution in [-0.4, -0.2) is 60.6 Å². The first-order valence-electron chi connectivity index (χ1n) is 9.07. The van der Waals surface area contributed by atoms with Crippen molar-refractivity contribution >= 4 is 27.7 Å². The smallest absolute Gasteiger partial charge is 0.341 e. The summed E-state index contributed by atoms with van der Waals surface area (Å²) in [5, 5.41) is 10.5. The molecule has 144 valence electrons. The van der Waals surface area contributed by atoms with Gasteiger partial charge in [0.1, 0.15) is 11.4 Å². The fraction of sp³-hybridized carbons (Fsp3) is 0.667. The summed E-state index contributed by atoms with van der Waals surface area (Å²) in [6.45, 7) is 0.775. The number of hydrogen-bond acceptors (Lipinski definition) is 7. The Morgan fingerprint density at radius 1 is 1.35 bits per heavy atom. The van der Waals surface area contributed by atoms with Crippen LogP contribution in [0.1, 0.15) is 42.5 Å². The Labute approximate surface area is 162 Å². The van der Waals surface area contributed by atoms with Gasteiger partial charge in [-0.15, -0.1) is 0 Å². The molecule has 1 saturated heterocycles. The van der Waals surface area contributed by atoms with Gasteiger partial charge in [-0.1, -0.05) is 19.3 Å². The maximum atomic E-state index is 12.1. The Hall–Kier alpha value is -1.22. The summed E-state index contributed by atoms with van der Waals surface area (Å²) in [7, 11) is 1.34. The van der Waals surface area contributed by atoms with Gasteiger partial charge in [-0.3, -0.25) is 0 Å². The summed E-state index contributed by atoms with van der Waals surface area (Å²) in [6, 6.07) is 1.22. The second kappa shape index (κ2) is 8.65. The number of nitrogens with two attached hydrogens (primary N) is 1. The zero-order chi connectivity index (χ0) is 18.7. The molecule has 0 bridgehead atoms. The van der Waals surface area contributed by atoms with Crippen LogP contribution < -0.4 is 10.6 Å². The lowest BCUT2D eigenvalue weighted by molar-refractivity contribution is -0.0665. The van der Waals surface area contributed by atoms with Gasteiger partial charge in [-0.25, -0.2) is 9.78 Å². The van der Waals surface area contributed by atoms with Crippen LogP contribution in [0.3, 0.4) is 0 Å². The number of esters is 1. The number of carbonyl (C=O) groups is 1. The largest absolute Gasteiger partial charge is 0.465 e. The molecule has 3 N–H and O–H groups in total. The molecule has 1 saturated carbocycles. The number of rotatable bonds is 4. The van der Waals surface area contributed by atoms with E-state index in [0.717, 1.165) is 12.8 Å². The Balaban J connectivity index is 1.80. The maximum absolute atomic E-state index is 12.1. The van der Waals surface area contributed by atoms with Gasteiger partial charge >= 0.3 is 5.97 Å². The minimum absolute atomic E-state index is 0.185. The number of carbonyl (C=O) groups excluding carboxylic acids is 1. The number of piperidine rings is 1. The molecular formula is C18H26BrN3O4. The lowest BCUT2D eigenvalue weighted by Crippen LogP contribution is -2.61. The topological polar surface area (TPSA) is 97.9 Å². The maximum Gasteiger partial charge on any atom is 0.341 e. The third-order valence-corrected chi connectivity index (χ3v) is 5.57. The molecule has 0 radical (unpaired) electrons. The molecule has 1 aliphatic carbocycles. The fourth-order valence-corrected chi connectivity index (χ4v) is 4.04. The van der Waals surface area contributed by atoms with E-state index in [1.807, 2.05) is 4.90 Å². The lowest BCUT2D eigenvalue weighted by Gasteiger charge is -2.42. The number of aromatic nitrogens is 1. The van der Waals surface area contributed by atoms with Gasteiger partial charge in [0.25, 0.3) is 0 Å². The molecular weight excluding hydrogens is 402 g/mol. The molecule has 0 amide bonds. The van der Waals surface area contributed by atoms with Crippen LogP contribution in [0.5, 0.6) is 0 Å². The summed E-state index contributed by atoms with van der Waals surface area (Å²) < 4.78 is 11.8. The first-order chi connectivity index (χ1) is 12.5. The minimum atomic E-state index is -0.756. The Morgan fingerprint density at radius 3 is 2.77 bits per heavy atom. The first-order valence-corrected chi connectivity index (χ1v) is 9.86. The molecule has 3 rings (SSSR count). The molecule has 0 spiro atoms. The molecule has 2 fully saturated rings. The fourth-order valence-electron chi connectivity index (χ4n) is 3.71. The van der Waals surface area contributed by atoms with Crippen LogP contribution in [0.15, 0.2) is 16.7 Å². The molecule has 8 heteroatoms. The van der Waals surface area contributed by atoms with Crippen LogP contribution in [-0.2, 0) is 9.47 Å². The number of anilines is 1. The average Bonchev–Trinajstić information content (AvgIpc) is 2.65. The second-order valence-electron chi connectivity index (χ2n) is 7.00. The molecule has 3 unspecified atom stereocenters. The number of β-amino-alcohol motifs (C(OH)–C–C–N with tert-alkyl or cyclic N) is 1. The predicted molar refractivity (Wildman–Crippen MR) is 101 cm³/mol. The standard InChI is InChI=1S/C18H26BrN3O4/c1-25-18(24)13-7-11(19)8-21-17(13)22-9-14(23)16(20)15(10-22)26-12-5-3-2-4-6-12/h7-8,12,14-16,23H,2-6,9-10,20H2,1H3. The quantitative estimate of drug-likeness (QED) is 0.707. The monoisotopic (exact) mass is 427 g/mol. The molecule has 2 aliphatic rings. The van der Waals surface area contributed by atoms with E-state index in [1.165, 1.54) is 26.4 Å². The first kappa shape index (κ1) is 19.5. The summed E-state index contributed by atoms with van der Waals surface area (Å²) in [5.41, 5.74) is 6.56. The van der Waals surface area contributed by atoms with Crippen LogP contribution in [0, 0.1) is 0 Å². The highest BCUT2D eigenvalue weighted by Crippen LogP contribution is 2.28. The number of pyridine rings is 1. The van der Waals surface area contributed by atoms with Crippen LogP contribution in [0.2, 0.25) is 0 Å². The predicted octanol–water partition coefficient (Wildman–Crippen LogP) is 1.86. The van der Waals surface area contributed by atoms with Gasteiger partial charge in [-0.2, -0.15) is 0 Å². The van der Waals surface area contributed by atoms with Crippen molar-refractivity contribution in [2.45, 2.75) is 56.5 Å². The van der Waals surface area contributed by atoms with Crippen molar-refractivity contribution < 1.29 is 19.4 Å². The van der Waals surface area contributed by atoms with Crippen molar-refractivity contribution in [3.63, 3.8) is 0 Å². The molecule has 1 aromatic rings.